The zero-order valence-electron chi connectivity index (χ0n) is 23.0. The number of aliphatic hydroxyl groups excluding tert-OH is 1. The molecular formula is C31H40N2O5. The number of Topliss-reactive ketones (excluding diaryl/α,β-unsaturated/α-hetero) is 1. The molecule has 7 nitrogen and oxygen atoms in total. The van der Waals surface area contributed by atoms with Crippen LogP contribution in [0.1, 0.15) is 69.7 Å². The second kappa shape index (κ2) is 12.5. The van der Waals surface area contributed by atoms with Gasteiger partial charge in [0.2, 0.25) is 0 Å². The molecule has 4 rings (SSSR count). The molecule has 0 saturated carbocycles. The van der Waals surface area contributed by atoms with Gasteiger partial charge in [-0.05, 0) is 80.9 Å². The number of likely N-dealkylation sites (tertiary alicyclic amines) is 1. The first-order chi connectivity index (χ1) is 18.4. The number of carbonyl (C=O) groups excluding carboxylic acids is 2. The average molecular weight is 521 g/mol. The van der Waals surface area contributed by atoms with Gasteiger partial charge in [-0.3, -0.25) is 9.59 Å². The smallest absolute Gasteiger partial charge is 0.295 e. The van der Waals surface area contributed by atoms with E-state index >= 15 is 0 Å². The third-order valence-electron chi connectivity index (χ3n) is 7.44. The standard InChI is InChI=1S/C31H40N2O5/c1-5-8-18-37-25-13-10-22(11-14-25)28-27(29(34)23-12-15-26-24(20-23)19-21(4)38-26)30(35)31(36)33(28)17-9-16-32(6-2)7-3/h10-15,20-21,28,34H,5-9,16-19H2,1-4H3/t21-,28+/m0/s1. The number of amides is 1. The summed E-state index contributed by atoms with van der Waals surface area (Å²) in [5, 5.41) is 11.4. The van der Waals surface area contributed by atoms with Crippen molar-refractivity contribution in [1.29, 1.82) is 0 Å². The van der Waals surface area contributed by atoms with Crippen LogP contribution in [0.4, 0.5) is 0 Å². The Morgan fingerprint density at radius 1 is 1.08 bits per heavy atom. The summed E-state index contributed by atoms with van der Waals surface area (Å²) in [6, 6.07) is 12.3. The molecule has 0 spiro atoms. The van der Waals surface area contributed by atoms with Gasteiger partial charge in [0.1, 0.15) is 23.4 Å². The van der Waals surface area contributed by atoms with E-state index in [-0.39, 0.29) is 17.4 Å². The molecular weight excluding hydrogens is 480 g/mol. The van der Waals surface area contributed by atoms with E-state index < -0.39 is 17.7 Å². The minimum atomic E-state index is -0.667. The van der Waals surface area contributed by atoms with Gasteiger partial charge in [0.05, 0.1) is 18.2 Å². The highest BCUT2D eigenvalue weighted by Crippen LogP contribution is 2.41. The molecule has 0 aromatic heterocycles. The maximum absolute atomic E-state index is 13.4. The Morgan fingerprint density at radius 2 is 1.82 bits per heavy atom. The third kappa shape index (κ3) is 5.88. The summed E-state index contributed by atoms with van der Waals surface area (Å²) in [5.41, 5.74) is 2.41. The number of rotatable bonds is 12. The monoisotopic (exact) mass is 520 g/mol. The Balaban J connectivity index is 1.69. The molecule has 1 saturated heterocycles. The van der Waals surface area contributed by atoms with E-state index in [0.717, 1.165) is 67.9 Å². The molecule has 2 heterocycles. The molecule has 2 atom stereocenters. The summed E-state index contributed by atoms with van der Waals surface area (Å²) < 4.78 is 11.6. The van der Waals surface area contributed by atoms with Gasteiger partial charge in [-0.25, -0.2) is 0 Å². The fourth-order valence-corrected chi connectivity index (χ4v) is 5.27. The number of fused-ring (bicyclic) bond motifs is 1. The van der Waals surface area contributed by atoms with E-state index in [1.165, 1.54) is 0 Å². The van der Waals surface area contributed by atoms with Crippen LogP contribution in [0.3, 0.4) is 0 Å². The van der Waals surface area contributed by atoms with Crippen molar-refractivity contribution in [2.24, 2.45) is 0 Å². The second-order valence-corrected chi connectivity index (χ2v) is 10.1. The van der Waals surface area contributed by atoms with Crippen LogP contribution in [0.5, 0.6) is 11.5 Å². The van der Waals surface area contributed by atoms with Crippen LogP contribution in [0.2, 0.25) is 0 Å². The fourth-order valence-electron chi connectivity index (χ4n) is 5.27. The number of ether oxygens (including phenoxy) is 2. The lowest BCUT2D eigenvalue weighted by molar-refractivity contribution is -0.140. The molecule has 0 bridgehead atoms. The first kappa shape index (κ1) is 27.7. The highest BCUT2D eigenvalue weighted by atomic mass is 16.5. The Morgan fingerprint density at radius 3 is 2.50 bits per heavy atom. The number of carbonyl (C=O) groups is 2. The zero-order chi connectivity index (χ0) is 27.2. The number of hydrogen-bond acceptors (Lipinski definition) is 6. The first-order valence-electron chi connectivity index (χ1n) is 13.9. The molecule has 0 unspecified atom stereocenters. The molecule has 38 heavy (non-hydrogen) atoms. The maximum Gasteiger partial charge on any atom is 0.295 e. The summed E-state index contributed by atoms with van der Waals surface area (Å²) in [6.07, 6.45) is 3.56. The van der Waals surface area contributed by atoms with E-state index in [1.54, 1.807) is 11.0 Å². The minimum Gasteiger partial charge on any atom is -0.507 e. The summed E-state index contributed by atoms with van der Waals surface area (Å²) in [5.74, 6) is 0.168. The largest absolute Gasteiger partial charge is 0.507 e. The van der Waals surface area contributed by atoms with Gasteiger partial charge in [0.25, 0.3) is 11.7 Å². The predicted molar refractivity (Wildman–Crippen MR) is 148 cm³/mol. The SMILES string of the molecule is CCCCOc1ccc([C@@H]2C(=C(O)c3ccc4c(c3)C[C@H](C)O4)C(=O)C(=O)N2CCCN(CC)CC)cc1. The zero-order valence-corrected chi connectivity index (χ0v) is 23.0. The predicted octanol–water partition coefficient (Wildman–Crippen LogP) is 5.34. The van der Waals surface area contributed by atoms with Crippen molar-refractivity contribution in [1.82, 2.24) is 9.80 Å². The molecule has 1 N–H and O–H groups in total. The van der Waals surface area contributed by atoms with Crippen molar-refractivity contribution >= 4 is 17.4 Å². The number of ketones is 1. The Kier molecular flexibility index (Phi) is 9.10. The van der Waals surface area contributed by atoms with Gasteiger partial charge >= 0.3 is 0 Å². The van der Waals surface area contributed by atoms with Gasteiger partial charge in [-0.1, -0.05) is 39.3 Å². The van der Waals surface area contributed by atoms with Crippen molar-refractivity contribution < 1.29 is 24.2 Å². The van der Waals surface area contributed by atoms with E-state index in [9.17, 15) is 14.7 Å². The summed E-state index contributed by atoms with van der Waals surface area (Å²) in [4.78, 5) is 30.6. The van der Waals surface area contributed by atoms with Gasteiger partial charge in [0.15, 0.2) is 0 Å². The quantitative estimate of drug-likeness (QED) is 0.176. The lowest BCUT2D eigenvalue weighted by Crippen LogP contribution is -2.33. The average Bonchev–Trinajstić information content (AvgIpc) is 3.42. The van der Waals surface area contributed by atoms with Crippen molar-refractivity contribution in [2.45, 2.75) is 65.5 Å². The highest BCUT2D eigenvalue weighted by molar-refractivity contribution is 6.46. The fraction of sp³-hybridized carbons (Fsp3) is 0.484. The van der Waals surface area contributed by atoms with Crippen LogP contribution in [0.15, 0.2) is 48.0 Å². The van der Waals surface area contributed by atoms with Crippen LogP contribution in [0.25, 0.3) is 5.76 Å². The highest BCUT2D eigenvalue weighted by Gasteiger charge is 2.46. The molecule has 2 aliphatic rings. The van der Waals surface area contributed by atoms with Gasteiger partial charge in [0, 0.05) is 18.5 Å². The van der Waals surface area contributed by atoms with Gasteiger partial charge in [-0.15, -0.1) is 0 Å². The summed E-state index contributed by atoms with van der Waals surface area (Å²) >= 11 is 0. The molecule has 0 radical (unpaired) electrons. The number of hydrogen-bond donors (Lipinski definition) is 1. The second-order valence-electron chi connectivity index (χ2n) is 10.1. The molecule has 1 amide bonds. The Bertz CT molecular complexity index is 1170. The van der Waals surface area contributed by atoms with Crippen LogP contribution in [-0.2, 0) is 16.0 Å². The lowest BCUT2D eigenvalue weighted by atomic mass is 9.94. The number of benzene rings is 2. The number of aliphatic hydroxyl groups is 1. The molecule has 1 fully saturated rings. The third-order valence-corrected chi connectivity index (χ3v) is 7.44. The maximum atomic E-state index is 13.4. The molecule has 0 aliphatic carbocycles. The van der Waals surface area contributed by atoms with Crippen LogP contribution in [-0.4, -0.2) is 65.5 Å². The lowest BCUT2D eigenvalue weighted by Gasteiger charge is -2.27. The number of unbranched alkanes of at least 4 members (excludes halogenated alkanes) is 1. The normalized spacial score (nSPS) is 20.2. The van der Waals surface area contributed by atoms with Gasteiger partial charge in [-0.2, -0.15) is 0 Å². The molecule has 2 aliphatic heterocycles. The summed E-state index contributed by atoms with van der Waals surface area (Å²) in [6.45, 7) is 12.1. The van der Waals surface area contributed by atoms with E-state index in [0.29, 0.717) is 18.7 Å². The van der Waals surface area contributed by atoms with Crippen LogP contribution in [0, 0.1) is 0 Å². The Hall–Kier alpha value is -3.32. The molecule has 2 aromatic carbocycles. The molecule has 204 valence electrons. The topological polar surface area (TPSA) is 79.3 Å². The first-order valence-corrected chi connectivity index (χ1v) is 13.9. The van der Waals surface area contributed by atoms with Crippen molar-refractivity contribution in [3.05, 3.63) is 64.7 Å². The van der Waals surface area contributed by atoms with E-state index in [2.05, 4.69) is 25.7 Å². The van der Waals surface area contributed by atoms with Crippen molar-refractivity contribution in [3.8, 4) is 11.5 Å². The van der Waals surface area contributed by atoms with E-state index in [1.807, 2.05) is 43.3 Å². The molecule has 2 aromatic rings. The van der Waals surface area contributed by atoms with Crippen LogP contribution >= 0.6 is 0 Å². The van der Waals surface area contributed by atoms with Crippen molar-refractivity contribution in [3.63, 3.8) is 0 Å². The van der Waals surface area contributed by atoms with Crippen molar-refractivity contribution in [2.75, 3.05) is 32.8 Å². The van der Waals surface area contributed by atoms with E-state index in [4.69, 9.17) is 9.47 Å². The summed E-state index contributed by atoms with van der Waals surface area (Å²) in [7, 11) is 0. The van der Waals surface area contributed by atoms with Crippen LogP contribution < -0.4 is 9.47 Å². The molecule has 7 heteroatoms. The minimum absolute atomic E-state index is 0.0665. The Labute approximate surface area is 226 Å². The van der Waals surface area contributed by atoms with Gasteiger partial charge < -0.3 is 24.4 Å². The number of nitrogens with zero attached hydrogens (tertiary/aromatic N) is 2.